The molecule has 0 saturated heterocycles. The van der Waals surface area contributed by atoms with Gasteiger partial charge in [0.15, 0.2) is 0 Å². The molecule has 0 unspecified atom stereocenters. The van der Waals surface area contributed by atoms with E-state index in [1.807, 2.05) is 0 Å². The number of hydrogen-bond acceptors (Lipinski definition) is 2. The molecule has 0 spiro atoms. The van der Waals surface area contributed by atoms with Gasteiger partial charge in [0.1, 0.15) is 0 Å². The van der Waals surface area contributed by atoms with Gasteiger partial charge in [-0.1, -0.05) is 0 Å². The Morgan fingerprint density at radius 3 is 2.85 bits per heavy atom. The molecule has 0 aliphatic carbocycles. The Morgan fingerprint density at radius 1 is 1.62 bits per heavy atom. The summed E-state index contributed by atoms with van der Waals surface area (Å²) in [5.74, 6) is 0. The van der Waals surface area contributed by atoms with Crippen LogP contribution >= 0.6 is 15.9 Å². The highest BCUT2D eigenvalue weighted by atomic mass is 79.9. The second-order valence-corrected chi connectivity index (χ2v) is 3.53. The van der Waals surface area contributed by atoms with Crippen molar-refractivity contribution in [3.05, 3.63) is 22.9 Å². The van der Waals surface area contributed by atoms with Crippen LogP contribution in [-0.4, -0.2) is 30.0 Å². The third-order valence-corrected chi connectivity index (χ3v) is 2.05. The number of hydrogen-bond donors (Lipinski definition) is 1. The molecule has 5 heteroatoms. The highest BCUT2D eigenvalue weighted by Crippen LogP contribution is 2.19. The summed E-state index contributed by atoms with van der Waals surface area (Å²) in [6.45, 7) is 0. The third-order valence-electron chi connectivity index (χ3n) is 1.42. The summed E-state index contributed by atoms with van der Waals surface area (Å²) in [7, 11) is 3.37. The van der Waals surface area contributed by atoms with Gasteiger partial charge in [-0.25, -0.2) is 4.79 Å². The molecule has 0 radical (unpaired) electrons. The van der Waals surface area contributed by atoms with Crippen LogP contribution in [0, 0.1) is 0 Å². The molecule has 0 fully saturated rings. The number of anilines is 1. The van der Waals surface area contributed by atoms with Crippen molar-refractivity contribution in [2.75, 3.05) is 19.4 Å². The molecule has 4 nitrogen and oxygen atoms in total. The minimum Gasteiger partial charge on any atom is -0.331 e. The van der Waals surface area contributed by atoms with E-state index in [0.717, 1.165) is 4.47 Å². The van der Waals surface area contributed by atoms with E-state index in [-0.39, 0.29) is 6.03 Å². The number of halogens is 1. The average molecular weight is 244 g/mol. The van der Waals surface area contributed by atoms with E-state index in [9.17, 15) is 4.79 Å². The molecule has 1 rings (SSSR count). The van der Waals surface area contributed by atoms with Gasteiger partial charge < -0.3 is 10.2 Å². The minimum atomic E-state index is -0.160. The van der Waals surface area contributed by atoms with Crippen LogP contribution in [0.25, 0.3) is 0 Å². The zero-order valence-corrected chi connectivity index (χ0v) is 9.00. The third kappa shape index (κ3) is 2.69. The van der Waals surface area contributed by atoms with E-state index in [1.165, 1.54) is 4.90 Å². The molecular weight excluding hydrogens is 234 g/mol. The first-order chi connectivity index (χ1) is 6.11. The molecule has 0 saturated carbocycles. The number of urea groups is 1. The molecule has 0 bridgehead atoms. The number of rotatable bonds is 1. The Morgan fingerprint density at radius 2 is 2.31 bits per heavy atom. The van der Waals surface area contributed by atoms with Crippen molar-refractivity contribution in [3.63, 3.8) is 0 Å². The summed E-state index contributed by atoms with van der Waals surface area (Å²) in [4.78, 5) is 16.6. The van der Waals surface area contributed by atoms with Crippen molar-refractivity contribution >= 4 is 27.6 Å². The number of pyridine rings is 1. The van der Waals surface area contributed by atoms with E-state index < -0.39 is 0 Å². The molecule has 13 heavy (non-hydrogen) atoms. The highest BCUT2D eigenvalue weighted by Gasteiger charge is 2.05. The second kappa shape index (κ2) is 4.23. The highest BCUT2D eigenvalue weighted by molar-refractivity contribution is 9.10. The zero-order valence-electron chi connectivity index (χ0n) is 7.41. The van der Waals surface area contributed by atoms with Crippen molar-refractivity contribution in [1.29, 1.82) is 0 Å². The van der Waals surface area contributed by atoms with Gasteiger partial charge in [0.05, 0.1) is 10.2 Å². The molecule has 0 aliphatic rings. The Labute approximate surface area is 85.1 Å². The number of aromatic nitrogens is 1. The van der Waals surface area contributed by atoms with Gasteiger partial charge in [-0.3, -0.25) is 4.98 Å². The monoisotopic (exact) mass is 243 g/mol. The van der Waals surface area contributed by atoms with Crippen LogP contribution in [0.2, 0.25) is 0 Å². The lowest BCUT2D eigenvalue weighted by Gasteiger charge is -2.12. The van der Waals surface area contributed by atoms with Gasteiger partial charge in [-0.15, -0.1) is 0 Å². The molecule has 0 aliphatic heterocycles. The summed E-state index contributed by atoms with van der Waals surface area (Å²) >= 11 is 3.28. The molecule has 1 heterocycles. The largest absolute Gasteiger partial charge is 0.331 e. The van der Waals surface area contributed by atoms with Crippen LogP contribution in [-0.2, 0) is 0 Å². The van der Waals surface area contributed by atoms with Gasteiger partial charge in [0, 0.05) is 26.5 Å². The summed E-state index contributed by atoms with van der Waals surface area (Å²) in [6.07, 6.45) is 3.25. The summed E-state index contributed by atoms with van der Waals surface area (Å²) in [5, 5.41) is 2.71. The standard InChI is InChI=1S/C8H10BrN3O/c1-12(2)8(13)11-7-3-4-10-5-6(7)9/h3-5H,1-2H3,(H,10,11,13). The number of nitrogens with zero attached hydrogens (tertiary/aromatic N) is 2. The number of carbonyl (C=O) groups excluding carboxylic acids is 1. The first kappa shape index (κ1) is 9.98. The summed E-state index contributed by atoms with van der Waals surface area (Å²) < 4.78 is 0.769. The van der Waals surface area contributed by atoms with E-state index in [0.29, 0.717) is 5.69 Å². The van der Waals surface area contributed by atoms with E-state index in [1.54, 1.807) is 32.6 Å². The van der Waals surface area contributed by atoms with Crippen molar-refractivity contribution in [1.82, 2.24) is 9.88 Å². The SMILES string of the molecule is CN(C)C(=O)Nc1ccncc1Br. The summed E-state index contributed by atoms with van der Waals surface area (Å²) in [6, 6.07) is 1.57. The van der Waals surface area contributed by atoms with Crippen LogP contribution in [0.5, 0.6) is 0 Å². The lowest BCUT2D eigenvalue weighted by Crippen LogP contribution is -2.27. The molecule has 0 atom stereocenters. The number of amides is 2. The lowest BCUT2D eigenvalue weighted by atomic mass is 10.4. The van der Waals surface area contributed by atoms with Crippen LogP contribution < -0.4 is 5.32 Å². The minimum absolute atomic E-state index is 0.160. The summed E-state index contributed by atoms with van der Waals surface area (Å²) in [5.41, 5.74) is 0.716. The fourth-order valence-electron chi connectivity index (χ4n) is 0.704. The predicted molar refractivity (Wildman–Crippen MR) is 54.6 cm³/mol. The topological polar surface area (TPSA) is 45.2 Å². The maximum absolute atomic E-state index is 11.2. The molecule has 70 valence electrons. The molecule has 1 N–H and O–H groups in total. The van der Waals surface area contributed by atoms with Gasteiger partial charge in [0.25, 0.3) is 0 Å². The van der Waals surface area contributed by atoms with Crippen LogP contribution in [0.1, 0.15) is 0 Å². The van der Waals surface area contributed by atoms with Crippen LogP contribution in [0.4, 0.5) is 10.5 Å². The van der Waals surface area contributed by atoms with E-state index in [2.05, 4.69) is 26.2 Å². The average Bonchev–Trinajstić information content (AvgIpc) is 2.08. The van der Waals surface area contributed by atoms with E-state index in [4.69, 9.17) is 0 Å². The van der Waals surface area contributed by atoms with Crippen molar-refractivity contribution in [2.45, 2.75) is 0 Å². The molecule has 0 aromatic carbocycles. The van der Waals surface area contributed by atoms with Gasteiger partial charge in [-0.05, 0) is 22.0 Å². The Kier molecular flexibility index (Phi) is 3.25. The number of nitrogens with one attached hydrogen (secondary N) is 1. The van der Waals surface area contributed by atoms with Crippen LogP contribution in [0.15, 0.2) is 22.9 Å². The molecule has 1 aromatic rings. The van der Waals surface area contributed by atoms with Crippen molar-refractivity contribution < 1.29 is 4.79 Å². The maximum atomic E-state index is 11.2. The molecule has 2 amide bonds. The zero-order chi connectivity index (χ0) is 9.84. The maximum Gasteiger partial charge on any atom is 0.321 e. The Hall–Kier alpha value is -1.10. The fraction of sp³-hybridized carbons (Fsp3) is 0.250. The lowest BCUT2D eigenvalue weighted by molar-refractivity contribution is 0.230. The van der Waals surface area contributed by atoms with Gasteiger partial charge >= 0.3 is 6.03 Å². The second-order valence-electron chi connectivity index (χ2n) is 2.68. The number of carbonyl (C=O) groups is 1. The predicted octanol–water partition coefficient (Wildman–Crippen LogP) is 1.94. The quantitative estimate of drug-likeness (QED) is 0.820. The normalized spacial score (nSPS) is 9.46. The molecular formula is C8H10BrN3O. The van der Waals surface area contributed by atoms with Crippen LogP contribution in [0.3, 0.4) is 0 Å². The Bertz CT molecular complexity index is 314. The first-order valence-electron chi connectivity index (χ1n) is 3.69. The smallest absolute Gasteiger partial charge is 0.321 e. The fourth-order valence-corrected chi connectivity index (χ4v) is 1.05. The van der Waals surface area contributed by atoms with E-state index >= 15 is 0 Å². The van der Waals surface area contributed by atoms with Crippen molar-refractivity contribution in [2.24, 2.45) is 0 Å². The van der Waals surface area contributed by atoms with Gasteiger partial charge in [0.2, 0.25) is 0 Å². The van der Waals surface area contributed by atoms with Gasteiger partial charge in [-0.2, -0.15) is 0 Å². The Balaban J connectivity index is 2.75. The molecule has 1 aromatic heterocycles. The first-order valence-corrected chi connectivity index (χ1v) is 4.48. The van der Waals surface area contributed by atoms with Crippen molar-refractivity contribution in [3.8, 4) is 0 Å².